The zero-order chi connectivity index (χ0) is 17.3. The number of halogens is 1. The lowest BCUT2D eigenvalue weighted by Crippen LogP contribution is -2.35. The van der Waals surface area contributed by atoms with Crippen LogP contribution in [0.15, 0.2) is 48.0 Å². The van der Waals surface area contributed by atoms with Gasteiger partial charge in [-0.2, -0.15) is 0 Å². The van der Waals surface area contributed by atoms with Gasteiger partial charge in [-0.1, -0.05) is 6.07 Å². The topological polar surface area (TPSA) is 78.9 Å². The number of hydrogen-bond donors (Lipinski definition) is 2. The van der Waals surface area contributed by atoms with E-state index in [0.29, 0.717) is 11.3 Å². The van der Waals surface area contributed by atoms with Crippen molar-refractivity contribution in [2.45, 2.75) is 0 Å². The van der Waals surface area contributed by atoms with E-state index in [1.807, 2.05) is 12.1 Å². The van der Waals surface area contributed by atoms with Crippen molar-refractivity contribution in [3.8, 4) is 11.5 Å². The number of aromatic hydroxyl groups is 1. The van der Waals surface area contributed by atoms with Gasteiger partial charge in [-0.15, -0.1) is 0 Å². The van der Waals surface area contributed by atoms with Crippen LogP contribution in [0.3, 0.4) is 0 Å². The van der Waals surface area contributed by atoms with E-state index in [4.69, 9.17) is 4.74 Å². The Morgan fingerprint density at radius 1 is 1.17 bits per heavy atom. The van der Waals surface area contributed by atoms with Gasteiger partial charge in [-0.3, -0.25) is 15.0 Å². The van der Waals surface area contributed by atoms with E-state index in [0.717, 1.165) is 3.57 Å². The second-order valence-electron chi connectivity index (χ2n) is 5.05. The van der Waals surface area contributed by atoms with Gasteiger partial charge in [0.05, 0.1) is 12.8 Å². The Hall–Kier alpha value is -2.55. The maximum Gasteiger partial charge on any atom is 0.282 e. The number of amides is 2. The van der Waals surface area contributed by atoms with Gasteiger partial charge in [-0.05, 0) is 70.6 Å². The van der Waals surface area contributed by atoms with E-state index < -0.39 is 11.8 Å². The molecular weight excluding hydrogens is 423 g/mol. The van der Waals surface area contributed by atoms with Crippen molar-refractivity contribution >= 4 is 46.2 Å². The molecule has 1 fully saturated rings. The molecular formula is C17H13IN2O4. The number of phenolic OH excluding ortho intramolecular Hbond substituents is 1. The van der Waals surface area contributed by atoms with Crippen LogP contribution < -0.4 is 15.2 Å². The molecule has 2 N–H and O–H groups in total. The van der Waals surface area contributed by atoms with Crippen molar-refractivity contribution < 1.29 is 19.4 Å². The largest absolute Gasteiger partial charge is 0.504 e. The number of nitrogens with zero attached hydrogens (tertiary/aromatic N) is 1. The number of nitrogens with one attached hydrogen (secondary N) is 1. The molecule has 0 aliphatic carbocycles. The highest BCUT2D eigenvalue weighted by Crippen LogP contribution is 2.28. The van der Waals surface area contributed by atoms with E-state index in [1.54, 1.807) is 24.3 Å². The maximum atomic E-state index is 12.5. The molecule has 122 valence electrons. The predicted molar refractivity (Wildman–Crippen MR) is 97.4 cm³/mol. The quantitative estimate of drug-likeness (QED) is 0.441. The van der Waals surface area contributed by atoms with Crippen molar-refractivity contribution in [2.75, 3.05) is 12.1 Å². The summed E-state index contributed by atoms with van der Waals surface area (Å²) in [6.07, 6.45) is 1.46. The number of benzene rings is 2. The Morgan fingerprint density at radius 2 is 1.88 bits per heavy atom. The number of hydrogen-bond acceptors (Lipinski definition) is 4. The maximum absolute atomic E-state index is 12.5. The van der Waals surface area contributed by atoms with E-state index in [9.17, 15) is 14.7 Å². The molecule has 2 amide bonds. The van der Waals surface area contributed by atoms with Gasteiger partial charge in [0.25, 0.3) is 11.8 Å². The smallest absolute Gasteiger partial charge is 0.282 e. The molecule has 3 rings (SSSR count). The third kappa shape index (κ3) is 3.07. The highest BCUT2D eigenvalue weighted by Gasteiger charge is 2.34. The zero-order valence-electron chi connectivity index (χ0n) is 12.6. The van der Waals surface area contributed by atoms with Crippen molar-refractivity contribution in [1.82, 2.24) is 5.43 Å². The van der Waals surface area contributed by atoms with Gasteiger partial charge >= 0.3 is 0 Å². The third-order valence-corrected chi connectivity index (χ3v) is 4.21. The Labute approximate surface area is 151 Å². The fraction of sp³-hybridized carbons (Fsp3) is 0.0588. The summed E-state index contributed by atoms with van der Waals surface area (Å²) in [6.45, 7) is 0. The number of anilines is 1. The van der Waals surface area contributed by atoms with Gasteiger partial charge in [-0.25, -0.2) is 5.01 Å². The summed E-state index contributed by atoms with van der Waals surface area (Å²) in [5.74, 6) is -0.661. The summed E-state index contributed by atoms with van der Waals surface area (Å²) < 4.78 is 6.06. The summed E-state index contributed by atoms with van der Waals surface area (Å²) in [4.78, 5) is 24.7. The minimum atomic E-state index is -0.481. The first-order valence-electron chi connectivity index (χ1n) is 6.99. The van der Waals surface area contributed by atoms with Crippen molar-refractivity contribution in [3.63, 3.8) is 0 Å². The molecule has 6 nitrogen and oxygen atoms in total. The first-order valence-corrected chi connectivity index (χ1v) is 8.07. The number of carbonyl (C=O) groups excluding carboxylic acids is 2. The van der Waals surface area contributed by atoms with Crippen molar-refractivity contribution in [1.29, 1.82) is 0 Å². The summed E-state index contributed by atoms with van der Waals surface area (Å²) >= 11 is 2.16. The average molecular weight is 436 g/mol. The molecule has 0 saturated carbocycles. The molecule has 1 saturated heterocycles. The number of ether oxygens (including phenoxy) is 1. The van der Waals surface area contributed by atoms with Crippen LogP contribution >= 0.6 is 22.6 Å². The van der Waals surface area contributed by atoms with Crippen molar-refractivity contribution in [3.05, 3.63) is 57.2 Å². The molecule has 0 bridgehead atoms. The first kappa shape index (κ1) is 16.3. The molecule has 7 heteroatoms. The number of rotatable bonds is 3. The molecule has 0 spiro atoms. The van der Waals surface area contributed by atoms with E-state index in [1.165, 1.54) is 24.3 Å². The van der Waals surface area contributed by atoms with Crippen LogP contribution in [0, 0.1) is 3.57 Å². The Bertz CT molecular complexity index is 846. The normalized spacial score (nSPS) is 15.8. The lowest BCUT2D eigenvalue weighted by atomic mass is 10.1. The predicted octanol–water partition coefficient (Wildman–Crippen LogP) is 2.47. The van der Waals surface area contributed by atoms with Crippen LogP contribution in [0.25, 0.3) is 6.08 Å². The van der Waals surface area contributed by atoms with E-state index in [-0.39, 0.29) is 17.1 Å². The van der Waals surface area contributed by atoms with Gasteiger partial charge in [0.1, 0.15) is 5.57 Å². The van der Waals surface area contributed by atoms with E-state index >= 15 is 0 Å². The van der Waals surface area contributed by atoms with Crippen LogP contribution in [0.2, 0.25) is 0 Å². The summed E-state index contributed by atoms with van der Waals surface area (Å²) in [5.41, 5.74) is 3.72. The number of hydrazine groups is 1. The minimum Gasteiger partial charge on any atom is -0.504 e. The molecule has 1 aliphatic rings. The molecule has 1 heterocycles. The third-order valence-electron chi connectivity index (χ3n) is 3.49. The Morgan fingerprint density at radius 3 is 2.54 bits per heavy atom. The highest BCUT2D eigenvalue weighted by atomic mass is 127. The SMILES string of the molecule is COc1cc(/C=C2\C(=O)NN(c3ccc(I)cc3)C2=O)ccc1O. The lowest BCUT2D eigenvalue weighted by molar-refractivity contribution is -0.117. The second-order valence-corrected chi connectivity index (χ2v) is 6.29. The molecule has 24 heavy (non-hydrogen) atoms. The lowest BCUT2D eigenvalue weighted by Gasteiger charge is -2.14. The number of phenols is 1. The fourth-order valence-electron chi connectivity index (χ4n) is 2.28. The number of carbonyl (C=O) groups is 2. The van der Waals surface area contributed by atoms with Gasteiger partial charge in [0, 0.05) is 3.57 Å². The minimum absolute atomic E-state index is 0.0117. The number of methoxy groups -OCH3 is 1. The molecule has 1 aliphatic heterocycles. The fourth-order valence-corrected chi connectivity index (χ4v) is 2.64. The standard InChI is InChI=1S/C17H13IN2O4/c1-24-15-9-10(2-7-14(15)21)8-13-16(22)19-20(17(13)23)12-5-3-11(18)4-6-12/h2-9,21H,1H3,(H,19,22)/b13-8+. The highest BCUT2D eigenvalue weighted by molar-refractivity contribution is 14.1. The van der Waals surface area contributed by atoms with Crippen LogP contribution in [-0.2, 0) is 9.59 Å². The Kier molecular flexibility index (Phi) is 4.43. The van der Waals surface area contributed by atoms with E-state index in [2.05, 4.69) is 28.0 Å². The monoisotopic (exact) mass is 436 g/mol. The summed E-state index contributed by atoms with van der Waals surface area (Å²) in [7, 11) is 1.43. The molecule has 2 aromatic carbocycles. The summed E-state index contributed by atoms with van der Waals surface area (Å²) in [5, 5.41) is 10.8. The summed E-state index contributed by atoms with van der Waals surface area (Å²) in [6, 6.07) is 11.8. The van der Waals surface area contributed by atoms with Crippen LogP contribution in [0.5, 0.6) is 11.5 Å². The first-order chi connectivity index (χ1) is 11.5. The van der Waals surface area contributed by atoms with Crippen LogP contribution in [0.1, 0.15) is 5.56 Å². The van der Waals surface area contributed by atoms with Crippen molar-refractivity contribution in [2.24, 2.45) is 0 Å². The van der Waals surface area contributed by atoms with Gasteiger partial charge in [0.15, 0.2) is 11.5 Å². The molecule has 0 unspecified atom stereocenters. The van der Waals surface area contributed by atoms with Crippen LogP contribution in [-0.4, -0.2) is 24.0 Å². The molecule has 0 radical (unpaired) electrons. The van der Waals surface area contributed by atoms with Gasteiger partial charge in [0.2, 0.25) is 0 Å². The molecule has 0 atom stereocenters. The second kappa shape index (κ2) is 6.52. The van der Waals surface area contributed by atoms with Crippen LogP contribution in [0.4, 0.5) is 5.69 Å². The zero-order valence-corrected chi connectivity index (χ0v) is 14.8. The Balaban J connectivity index is 1.93. The van der Waals surface area contributed by atoms with Gasteiger partial charge < -0.3 is 9.84 Å². The molecule has 0 aromatic heterocycles. The molecule has 2 aromatic rings. The average Bonchev–Trinajstić information content (AvgIpc) is 2.85.